The average molecular weight is 242 g/mol. The summed E-state index contributed by atoms with van der Waals surface area (Å²) in [5.74, 6) is 0.999. The molecule has 0 radical (unpaired) electrons. The fraction of sp³-hybridized carbons (Fsp3) is 0.333. The molecule has 0 fully saturated rings. The molecule has 1 unspecified atom stereocenters. The van der Waals surface area contributed by atoms with Crippen LogP contribution in [0.5, 0.6) is 0 Å². The van der Waals surface area contributed by atoms with E-state index in [1.165, 1.54) is 4.90 Å². The first-order valence-corrected chi connectivity index (χ1v) is 6.37. The molecule has 0 saturated carbocycles. The minimum absolute atomic E-state index is 0.371. The molecule has 0 spiro atoms. The Balaban J connectivity index is 2.41. The molecule has 0 bridgehead atoms. The van der Waals surface area contributed by atoms with Crippen molar-refractivity contribution >= 4 is 23.4 Å². The van der Waals surface area contributed by atoms with Crippen LogP contribution in [0.4, 0.5) is 0 Å². The number of rotatable bonds is 6. The molecule has 1 N–H and O–H groups in total. The molecular weight excluding hydrogens is 226 g/mol. The summed E-state index contributed by atoms with van der Waals surface area (Å²) in [6.45, 7) is 6.88. The summed E-state index contributed by atoms with van der Waals surface area (Å²) < 4.78 is 0. The lowest BCUT2D eigenvalue weighted by atomic mass is 10.3. The minimum atomic E-state index is 0.371. The molecule has 1 atom stereocenters. The van der Waals surface area contributed by atoms with E-state index in [-0.39, 0.29) is 0 Å². The number of likely N-dealkylation sites (N-methyl/N-ethyl adjacent to an activating group) is 1. The van der Waals surface area contributed by atoms with Gasteiger partial charge in [0.05, 0.1) is 0 Å². The van der Waals surface area contributed by atoms with Gasteiger partial charge in [0.15, 0.2) is 0 Å². The number of nitrogens with one attached hydrogen (secondary N) is 1. The molecule has 0 aromatic heterocycles. The van der Waals surface area contributed by atoms with Crippen molar-refractivity contribution in [2.24, 2.45) is 0 Å². The molecule has 0 aliphatic carbocycles. The lowest BCUT2D eigenvalue weighted by Crippen LogP contribution is -2.28. The van der Waals surface area contributed by atoms with Crippen molar-refractivity contribution in [3.8, 4) is 0 Å². The second-order valence-electron chi connectivity index (χ2n) is 3.16. The minimum Gasteiger partial charge on any atom is -0.310 e. The van der Waals surface area contributed by atoms with Gasteiger partial charge in [-0.15, -0.1) is 18.3 Å². The fourth-order valence-corrected chi connectivity index (χ4v) is 2.27. The monoisotopic (exact) mass is 241 g/mol. The molecular formula is C12H16ClNS. The smallest absolute Gasteiger partial charge is 0.0406 e. The fourth-order valence-electron chi connectivity index (χ4n) is 1.19. The molecule has 0 aliphatic rings. The van der Waals surface area contributed by atoms with Crippen LogP contribution in [0.15, 0.2) is 41.8 Å². The van der Waals surface area contributed by atoms with Crippen LogP contribution in [0.2, 0.25) is 5.02 Å². The number of thioether (sulfide) groups is 1. The van der Waals surface area contributed by atoms with Gasteiger partial charge in [0.1, 0.15) is 0 Å². The third-order valence-electron chi connectivity index (χ3n) is 1.99. The van der Waals surface area contributed by atoms with Crippen LogP contribution in [0, 0.1) is 0 Å². The Bertz CT molecular complexity index is 297. The summed E-state index contributed by atoms with van der Waals surface area (Å²) in [5, 5.41) is 4.13. The molecule has 1 aromatic carbocycles. The maximum atomic E-state index is 5.81. The Morgan fingerprint density at radius 3 is 2.67 bits per heavy atom. The highest BCUT2D eigenvalue weighted by Gasteiger charge is 2.02. The van der Waals surface area contributed by atoms with Crippen molar-refractivity contribution in [1.29, 1.82) is 0 Å². The maximum absolute atomic E-state index is 5.81. The van der Waals surface area contributed by atoms with E-state index in [0.717, 1.165) is 17.3 Å². The predicted molar refractivity (Wildman–Crippen MR) is 69.8 cm³/mol. The molecule has 1 nitrogen and oxygen atoms in total. The van der Waals surface area contributed by atoms with E-state index in [4.69, 9.17) is 11.6 Å². The lowest BCUT2D eigenvalue weighted by Gasteiger charge is -2.12. The summed E-state index contributed by atoms with van der Waals surface area (Å²) in [5.41, 5.74) is 0. The molecule has 82 valence electrons. The second kappa shape index (κ2) is 6.94. The zero-order valence-electron chi connectivity index (χ0n) is 8.87. The van der Waals surface area contributed by atoms with Crippen LogP contribution in [-0.2, 0) is 0 Å². The van der Waals surface area contributed by atoms with Crippen LogP contribution in [-0.4, -0.2) is 18.3 Å². The first kappa shape index (κ1) is 12.6. The zero-order valence-corrected chi connectivity index (χ0v) is 10.4. The zero-order chi connectivity index (χ0) is 11.1. The summed E-state index contributed by atoms with van der Waals surface area (Å²) in [6.07, 6.45) is 1.95. The summed E-state index contributed by atoms with van der Waals surface area (Å²) >= 11 is 7.62. The largest absolute Gasteiger partial charge is 0.310 e. The molecule has 0 aliphatic heterocycles. The van der Waals surface area contributed by atoms with Gasteiger partial charge in [-0.2, -0.15) is 0 Å². The van der Waals surface area contributed by atoms with Gasteiger partial charge in [-0.3, -0.25) is 0 Å². The summed E-state index contributed by atoms with van der Waals surface area (Å²) in [4.78, 5) is 1.24. The first-order chi connectivity index (χ1) is 7.26. The van der Waals surface area contributed by atoms with Crippen LogP contribution in [0.3, 0.4) is 0 Å². The van der Waals surface area contributed by atoms with E-state index in [0.29, 0.717) is 6.04 Å². The van der Waals surface area contributed by atoms with Crippen LogP contribution >= 0.6 is 23.4 Å². The molecule has 0 saturated heterocycles. The van der Waals surface area contributed by atoms with Crippen LogP contribution in [0.25, 0.3) is 0 Å². The molecule has 0 heterocycles. The van der Waals surface area contributed by atoms with Gasteiger partial charge in [-0.25, -0.2) is 0 Å². The highest BCUT2D eigenvalue weighted by atomic mass is 35.5. The Labute approximate surface area is 101 Å². The Morgan fingerprint density at radius 1 is 1.47 bits per heavy atom. The number of halogens is 1. The third kappa shape index (κ3) is 4.74. The van der Waals surface area contributed by atoms with Gasteiger partial charge >= 0.3 is 0 Å². The van der Waals surface area contributed by atoms with Gasteiger partial charge in [0.25, 0.3) is 0 Å². The topological polar surface area (TPSA) is 12.0 Å². The van der Waals surface area contributed by atoms with E-state index < -0.39 is 0 Å². The molecule has 15 heavy (non-hydrogen) atoms. The SMILES string of the molecule is C=CC(CSc1ccc(Cl)cc1)NCC. The van der Waals surface area contributed by atoms with Gasteiger partial charge in [0, 0.05) is 21.7 Å². The van der Waals surface area contributed by atoms with Crippen molar-refractivity contribution in [2.75, 3.05) is 12.3 Å². The number of benzene rings is 1. The maximum Gasteiger partial charge on any atom is 0.0406 e. The van der Waals surface area contributed by atoms with Crippen LogP contribution in [0.1, 0.15) is 6.92 Å². The van der Waals surface area contributed by atoms with Gasteiger partial charge < -0.3 is 5.32 Å². The molecule has 1 rings (SSSR count). The van der Waals surface area contributed by atoms with Crippen molar-refractivity contribution in [3.05, 3.63) is 41.9 Å². The number of hydrogen-bond acceptors (Lipinski definition) is 2. The Kier molecular flexibility index (Phi) is 5.84. The Hall–Kier alpha value is -0.440. The van der Waals surface area contributed by atoms with Crippen molar-refractivity contribution in [1.82, 2.24) is 5.32 Å². The van der Waals surface area contributed by atoms with Gasteiger partial charge in [-0.1, -0.05) is 24.6 Å². The predicted octanol–water partition coefficient (Wildman–Crippen LogP) is 3.60. The normalized spacial score (nSPS) is 12.4. The van der Waals surface area contributed by atoms with Gasteiger partial charge in [-0.05, 0) is 30.8 Å². The van der Waals surface area contributed by atoms with Crippen molar-refractivity contribution in [3.63, 3.8) is 0 Å². The summed E-state index contributed by atoms with van der Waals surface area (Å²) in [7, 11) is 0. The first-order valence-electron chi connectivity index (χ1n) is 5.00. The van der Waals surface area contributed by atoms with E-state index >= 15 is 0 Å². The second-order valence-corrected chi connectivity index (χ2v) is 4.69. The number of hydrogen-bond donors (Lipinski definition) is 1. The molecule has 3 heteroatoms. The highest BCUT2D eigenvalue weighted by Crippen LogP contribution is 2.21. The molecule has 1 aromatic rings. The standard InChI is InChI=1S/C12H16ClNS/c1-3-11(14-4-2)9-15-12-7-5-10(13)6-8-12/h3,5-8,11,14H,1,4,9H2,2H3. The lowest BCUT2D eigenvalue weighted by molar-refractivity contribution is 0.669. The van der Waals surface area contributed by atoms with Crippen molar-refractivity contribution in [2.45, 2.75) is 17.9 Å². The third-order valence-corrected chi connectivity index (χ3v) is 3.38. The van der Waals surface area contributed by atoms with Gasteiger partial charge in [0.2, 0.25) is 0 Å². The average Bonchev–Trinajstić information content (AvgIpc) is 2.26. The quantitative estimate of drug-likeness (QED) is 0.603. The van der Waals surface area contributed by atoms with Crippen LogP contribution < -0.4 is 5.32 Å². The summed E-state index contributed by atoms with van der Waals surface area (Å²) in [6, 6.07) is 8.29. The Morgan fingerprint density at radius 2 is 2.13 bits per heavy atom. The van der Waals surface area contributed by atoms with E-state index in [1.807, 2.05) is 42.1 Å². The van der Waals surface area contributed by atoms with E-state index in [9.17, 15) is 0 Å². The highest BCUT2D eigenvalue weighted by molar-refractivity contribution is 7.99. The van der Waals surface area contributed by atoms with E-state index in [1.54, 1.807) is 0 Å². The molecule has 0 amide bonds. The van der Waals surface area contributed by atoms with E-state index in [2.05, 4.69) is 18.8 Å². The van der Waals surface area contributed by atoms with Crippen molar-refractivity contribution < 1.29 is 0 Å².